The summed E-state index contributed by atoms with van der Waals surface area (Å²) < 4.78 is 116. The van der Waals surface area contributed by atoms with Gasteiger partial charge in [0.05, 0.1) is 18.2 Å². The van der Waals surface area contributed by atoms with Crippen molar-refractivity contribution < 1.29 is 54.6 Å². The van der Waals surface area contributed by atoms with Crippen molar-refractivity contribution in [3.8, 4) is 16.9 Å². The first-order chi connectivity index (χ1) is 19.6. The fraction of sp³-hybridized carbons (Fsp3) is 0.172. The normalized spacial score (nSPS) is 12.7. The highest BCUT2D eigenvalue weighted by atomic mass is 19.4. The predicted molar refractivity (Wildman–Crippen MR) is 135 cm³/mol. The van der Waals surface area contributed by atoms with Gasteiger partial charge in [0, 0.05) is 12.0 Å². The molecular weight excluding hydrogens is 578 g/mol. The number of amides is 1. The van der Waals surface area contributed by atoms with E-state index < -0.39 is 76.3 Å². The van der Waals surface area contributed by atoms with E-state index in [9.17, 15) is 49.8 Å². The van der Waals surface area contributed by atoms with Crippen molar-refractivity contribution in [2.45, 2.75) is 24.8 Å². The van der Waals surface area contributed by atoms with Gasteiger partial charge in [0.25, 0.3) is 5.91 Å². The first-order valence-corrected chi connectivity index (χ1v) is 12.0. The molecule has 0 saturated carbocycles. The molecule has 0 aliphatic rings. The molecule has 2 N–H and O–H groups in total. The molecule has 220 valence electrons. The van der Waals surface area contributed by atoms with Crippen molar-refractivity contribution in [3.63, 3.8) is 0 Å². The zero-order valence-electron chi connectivity index (χ0n) is 21.3. The molecule has 4 aromatic carbocycles. The Morgan fingerprint density at radius 3 is 2.02 bits per heavy atom. The van der Waals surface area contributed by atoms with E-state index in [2.05, 4.69) is 0 Å². The number of nitrogens with one attached hydrogen (secondary N) is 1. The smallest absolute Gasteiger partial charge is 0.417 e. The van der Waals surface area contributed by atoms with E-state index in [1.165, 1.54) is 36.4 Å². The van der Waals surface area contributed by atoms with Gasteiger partial charge in [-0.2, -0.15) is 26.3 Å². The van der Waals surface area contributed by atoms with Crippen molar-refractivity contribution >= 4 is 22.6 Å². The average Bonchev–Trinajstić information content (AvgIpc) is 2.90. The van der Waals surface area contributed by atoms with Gasteiger partial charge in [0.2, 0.25) is 0 Å². The van der Waals surface area contributed by atoms with Gasteiger partial charge >= 0.3 is 18.3 Å². The topological polar surface area (TPSA) is 75.6 Å². The molecule has 1 atom stereocenters. The Balaban J connectivity index is 1.83. The first-order valence-electron chi connectivity index (χ1n) is 12.0. The third kappa shape index (κ3) is 5.99. The molecule has 0 unspecified atom stereocenters. The minimum Gasteiger partial charge on any atom is -0.496 e. The summed E-state index contributed by atoms with van der Waals surface area (Å²) in [6.07, 6.45) is -10.8. The van der Waals surface area contributed by atoms with Gasteiger partial charge < -0.3 is 15.2 Å². The SMILES string of the molecule is COc1cc(C(F)(F)F)cc(C(F)(F)F)c1-c1cccc2c(C[C@H](NC(=O)c3c(F)cccc3F)C(=O)O)cccc12. The van der Waals surface area contributed by atoms with Gasteiger partial charge in [-0.3, -0.25) is 4.79 Å². The van der Waals surface area contributed by atoms with E-state index in [4.69, 9.17) is 4.74 Å². The molecule has 1 amide bonds. The number of carbonyl (C=O) groups is 2. The lowest BCUT2D eigenvalue weighted by atomic mass is 9.89. The van der Waals surface area contributed by atoms with Crippen LogP contribution in [0.4, 0.5) is 35.1 Å². The average molecular weight is 597 g/mol. The number of aliphatic carboxylic acids is 1. The molecule has 4 aromatic rings. The Labute approximate surface area is 232 Å². The Hall–Kier alpha value is -4.68. The van der Waals surface area contributed by atoms with Crippen LogP contribution in [0.5, 0.6) is 5.75 Å². The number of carbonyl (C=O) groups excluding carboxylic acids is 1. The number of carboxylic acids is 1. The van der Waals surface area contributed by atoms with E-state index >= 15 is 0 Å². The first kappa shape index (κ1) is 30.3. The number of carboxylic acid groups (broad SMARTS) is 1. The Bertz CT molecular complexity index is 1660. The zero-order valence-corrected chi connectivity index (χ0v) is 21.3. The van der Waals surface area contributed by atoms with Crippen LogP contribution in [0, 0.1) is 11.6 Å². The van der Waals surface area contributed by atoms with Crippen LogP contribution >= 0.6 is 0 Å². The van der Waals surface area contributed by atoms with Crippen LogP contribution in [-0.2, 0) is 23.6 Å². The zero-order chi connectivity index (χ0) is 31.0. The summed E-state index contributed by atoms with van der Waals surface area (Å²) in [7, 11) is 0.925. The van der Waals surface area contributed by atoms with Gasteiger partial charge in [-0.15, -0.1) is 0 Å². The predicted octanol–water partition coefficient (Wildman–Crippen LogP) is 7.26. The van der Waals surface area contributed by atoms with E-state index in [1.807, 2.05) is 5.32 Å². The van der Waals surface area contributed by atoms with Crippen LogP contribution < -0.4 is 10.1 Å². The van der Waals surface area contributed by atoms with E-state index in [0.29, 0.717) is 6.07 Å². The summed E-state index contributed by atoms with van der Waals surface area (Å²) in [5, 5.41) is 12.1. The quantitative estimate of drug-likeness (QED) is 0.220. The highest BCUT2D eigenvalue weighted by Crippen LogP contribution is 2.47. The molecular formula is C29H19F8NO4. The van der Waals surface area contributed by atoms with Crippen molar-refractivity contribution in [2.75, 3.05) is 7.11 Å². The summed E-state index contributed by atoms with van der Waals surface area (Å²) in [4.78, 5) is 24.5. The van der Waals surface area contributed by atoms with E-state index in [1.54, 1.807) is 0 Å². The van der Waals surface area contributed by atoms with Gasteiger partial charge in [0.15, 0.2) is 0 Å². The van der Waals surface area contributed by atoms with Crippen molar-refractivity contribution in [1.82, 2.24) is 5.32 Å². The molecule has 0 heterocycles. The molecule has 0 aliphatic carbocycles. The number of rotatable bonds is 7. The number of alkyl halides is 6. The Morgan fingerprint density at radius 2 is 1.45 bits per heavy atom. The Kier molecular flexibility index (Phi) is 8.15. The maximum absolute atomic E-state index is 14.1. The van der Waals surface area contributed by atoms with Crippen LogP contribution in [0.25, 0.3) is 21.9 Å². The third-order valence-electron chi connectivity index (χ3n) is 6.45. The van der Waals surface area contributed by atoms with Gasteiger partial charge in [-0.05, 0) is 46.2 Å². The summed E-state index contributed by atoms with van der Waals surface area (Å²) >= 11 is 0. The fourth-order valence-corrected chi connectivity index (χ4v) is 4.58. The summed E-state index contributed by atoms with van der Waals surface area (Å²) in [6, 6.07) is 9.53. The van der Waals surface area contributed by atoms with Crippen molar-refractivity contribution in [3.05, 3.63) is 101 Å². The maximum atomic E-state index is 14.1. The molecule has 5 nitrogen and oxygen atoms in total. The highest BCUT2D eigenvalue weighted by molar-refractivity contribution is 6.01. The number of hydrogen-bond acceptors (Lipinski definition) is 3. The number of ether oxygens (including phenoxy) is 1. The van der Waals surface area contributed by atoms with Crippen molar-refractivity contribution in [1.29, 1.82) is 0 Å². The number of hydrogen-bond donors (Lipinski definition) is 2. The lowest BCUT2D eigenvalue weighted by molar-refractivity contribution is -0.143. The number of benzene rings is 4. The molecule has 4 rings (SSSR count). The van der Waals surface area contributed by atoms with Gasteiger partial charge in [-0.1, -0.05) is 42.5 Å². The number of methoxy groups -OCH3 is 1. The fourth-order valence-electron chi connectivity index (χ4n) is 4.58. The van der Waals surface area contributed by atoms with E-state index in [-0.39, 0.29) is 28.0 Å². The van der Waals surface area contributed by atoms with Crippen LogP contribution in [0.15, 0.2) is 66.7 Å². The molecule has 0 aromatic heterocycles. The molecule has 0 bridgehead atoms. The molecule has 13 heteroatoms. The lowest BCUT2D eigenvalue weighted by Crippen LogP contribution is -2.43. The second-order valence-electron chi connectivity index (χ2n) is 9.08. The second-order valence-corrected chi connectivity index (χ2v) is 9.08. The van der Waals surface area contributed by atoms with Gasteiger partial charge in [-0.25, -0.2) is 13.6 Å². The van der Waals surface area contributed by atoms with E-state index in [0.717, 1.165) is 25.3 Å². The van der Waals surface area contributed by atoms with Crippen LogP contribution in [0.3, 0.4) is 0 Å². The second kappa shape index (κ2) is 11.3. The third-order valence-corrected chi connectivity index (χ3v) is 6.45. The Morgan fingerprint density at radius 1 is 0.857 bits per heavy atom. The molecule has 0 spiro atoms. The maximum Gasteiger partial charge on any atom is 0.417 e. The highest BCUT2D eigenvalue weighted by Gasteiger charge is 2.40. The standard InChI is InChI=1S/C29H19F8NO4/c1-42-23-13-15(28(32,33)34)12-19(29(35,36)37)24(23)18-8-3-6-16-14(5-2-7-17(16)18)11-22(27(40)41)38-26(39)25-20(30)9-4-10-21(25)31/h2-10,12-13,22H,11H2,1H3,(H,38,39)(H,40,41)/t22-/m0/s1. The number of fused-ring (bicyclic) bond motifs is 1. The minimum atomic E-state index is -5.22. The summed E-state index contributed by atoms with van der Waals surface area (Å²) in [6.45, 7) is 0. The van der Waals surface area contributed by atoms with Gasteiger partial charge in [0.1, 0.15) is 29.0 Å². The largest absolute Gasteiger partial charge is 0.496 e. The molecule has 42 heavy (non-hydrogen) atoms. The van der Waals surface area contributed by atoms with Crippen molar-refractivity contribution in [2.24, 2.45) is 0 Å². The molecule has 0 fully saturated rings. The summed E-state index contributed by atoms with van der Waals surface area (Å²) in [5.41, 5.74) is -4.79. The minimum absolute atomic E-state index is 0.0155. The van der Waals surface area contributed by atoms with Crippen LogP contribution in [0.1, 0.15) is 27.0 Å². The summed E-state index contributed by atoms with van der Waals surface area (Å²) in [5.74, 6) is -6.06. The monoisotopic (exact) mass is 597 g/mol. The molecule has 0 saturated heterocycles. The molecule has 0 radical (unpaired) electrons. The van der Waals surface area contributed by atoms with Crippen LogP contribution in [0.2, 0.25) is 0 Å². The van der Waals surface area contributed by atoms with Crippen LogP contribution in [-0.4, -0.2) is 30.1 Å². The lowest BCUT2D eigenvalue weighted by Gasteiger charge is -2.21. The molecule has 0 aliphatic heterocycles. The number of halogens is 8.